The number of rotatable bonds is 9. The lowest BCUT2D eigenvalue weighted by molar-refractivity contribution is 0.189. The number of aromatic amines is 2. The van der Waals surface area contributed by atoms with Crippen molar-refractivity contribution in [3.63, 3.8) is 0 Å². The van der Waals surface area contributed by atoms with E-state index in [0.717, 1.165) is 52.9 Å². The van der Waals surface area contributed by atoms with Crippen molar-refractivity contribution in [2.45, 2.75) is 13.0 Å². The second-order valence-electron chi connectivity index (χ2n) is 9.68. The summed E-state index contributed by atoms with van der Waals surface area (Å²) in [6.45, 7) is 6.66. The summed E-state index contributed by atoms with van der Waals surface area (Å²) in [5, 5.41) is 23.2. The third-order valence-corrected chi connectivity index (χ3v) is 7.78. The van der Waals surface area contributed by atoms with Crippen molar-refractivity contribution in [3.05, 3.63) is 68.5 Å². The van der Waals surface area contributed by atoms with E-state index >= 15 is 0 Å². The van der Waals surface area contributed by atoms with E-state index in [4.69, 9.17) is 9.72 Å². The molecule has 5 rings (SSSR count). The Bertz CT molecular complexity index is 1510. The van der Waals surface area contributed by atoms with Gasteiger partial charge in [0.25, 0.3) is 5.56 Å². The average molecular weight is 598 g/mol. The molecule has 39 heavy (non-hydrogen) atoms. The summed E-state index contributed by atoms with van der Waals surface area (Å²) in [4.78, 5) is 28.5. The number of anilines is 2. The molecule has 0 bridgehead atoms. The number of nitrogens with zero attached hydrogens (tertiary/aromatic N) is 3. The lowest BCUT2D eigenvalue weighted by Gasteiger charge is -2.35. The molecule has 3 heterocycles. The molecule has 0 aliphatic carbocycles. The molecule has 1 aliphatic rings. The molecule has 0 spiro atoms. The number of hydrogen-bond acceptors (Lipinski definition) is 8. The van der Waals surface area contributed by atoms with Crippen LogP contribution in [0.4, 0.5) is 11.4 Å². The Morgan fingerprint density at radius 1 is 1.18 bits per heavy atom. The molecular weight excluding hydrogens is 564 g/mol. The highest BCUT2D eigenvalue weighted by molar-refractivity contribution is 9.10. The number of methoxy groups -OCH3 is 1. The zero-order chi connectivity index (χ0) is 27.5. The molecule has 1 aliphatic heterocycles. The second kappa shape index (κ2) is 11.8. The molecule has 1 unspecified atom stereocenters. The quantitative estimate of drug-likeness (QED) is 0.199. The fourth-order valence-corrected chi connectivity index (χ4v) is 5.58. The fourth-order valence-electron chi connectivity index (χ4n) is 5.02. The molecule has 1 saturated heterocycles. The Kier molecular flexibility index (Phi) is 8.22. The van der Waals surface area contributed by atoms with Crippen LogP contribution >= 0.6 is 15.9 Å². The molecule has 206 valence electrons. The number of benzene rings is 2. The number of pyridine rings is 1. The Morgan fingerprint density at radius 2 is 1.97 bits per heavy atom. The summed E-state index contributed by atoms with van der Waals surface area (Å²) in [5.41, 5.74) is 5.18. The number of H-pyrrole nitrogens is 2. The van der Waals surface area contributed by atoms with Gasteiger partial charge in [-0.1, -0.05) is 6.07 Å². The molecule has 0 saturated carbocycles. The Hall–Kier alpha value is -3.38. The largest absolute Gasteiger partial charge is 0.496 e. The van der Waals surface area contributed by atoms with E-state index in [0.29, 0.717) is 34.9 Å². The van der Waals surface area contributed by atoms with Crippen molar-refractivity contribution < 1.29 is 14.9 Å². The lowest BCUT2D eigenvalue weighted by Crippen LogP contribution is -2.47. The van der Waals surface area contributed by atoms with Gasteiger partial charge in [0, 0.05) is 51.2 Å². The number of fused-ring (bicyclic) bond motifs is 1. The lowest BCUT2D eigenvalue weighted by atomic mass is 10.1. The Balaban J connectivity index is 1.38. The number of nitrogens with one attached hydrogen (secondary N) is 3. The van der Waals surface area contributed by atoms with Crippen LogP contribution in [0, 0.1) is 6.92 Å². The van der Waals surface area contributed by atoms with Gasteiger partial charge in [-0.2, -0.15) is 0 Å². The van der Waals surface area contributed by atoms with Gasteiger partial charge in [0.15, 0.2) is 0 Å². The van der Waals surface area contributed by atoms with Gasteiger partial charge < -0.3 is 35.1 Å². The minimum atomic E-state index is -0.808. The van der Waals surface area contributed by atoms with Crippen molar-refractivity contribution in [3.8, 4) is 17.1 Å². The van der Waals surface area contributed by atoms with Crippen LogP contribution in [-0.4, -0.2) is 83.1 Å². The van der Waals surface area contributed by atoms with Crippen LogP contribution in [0.2, 0.25) is 0 Å². The highest BCUT2D eigenvalue weighted by Crippen LogP contribution is 2.31. The van der Waals surface area contributed by atoms with E-state index in [-0.39, 0.29) is 18.7 Å². The SMILES string of the molecule is COc1ccc(C(O)CNc2cc[nH]c(=O)c2-c2nc3c(C)cc(N4CCN(CCO)CC4)cc3[nH]2)cc1Br. The van der Waals surface area contributed by atoms with Gasteiger partial charge in [-0.25, -0.2) is 4.98 Å². The predicted octanol–water partition coefficient (Wildman–Crippen LogP) is 3.26. The van der Waals surface area contributed by atoms with Crippen molar-refractivity contribution in [2.24, 2.45) is 0 Å². The standard InChI is InChI=1S/C28H33BrN6O4/c1-17-13-19(35-9-7-34(8-10-35)11-12-36)15-22-26(17)33-27(32-22)25-21(5-6-30-28(25)38)31-16-23(37)18-3-4-24(39-2)20(29)14-18/h3-6,13-15,23,36-37H,7-12,16H2,1-2H3,(H,32,33)(H2,30,31,38). The molecule has 2 aromatic heterocycles. The van der Waals surface area contributed by atoms with Crippen LogP contribution in [0.1, 0.15) is 17.2 Å². The van der Waals surface area contributed by atoms with Gasteiger partial charge in [0.05, 0.1) is 41.0 Å². The maximum atomic E-state index is 13.0. The zero-order valence-corrected chi connectivity index (χ0v) is 23.6. The van der Waals surface area contributed by atoms with Crippen LogP contribution < -0.4 is 20.5 Å². The smallest absolute Gasteiger partial charge is 0.261 e. The van der Waals surface area contributed by atoms with Crippen LogP contribution in [0.5, 0.6) is 5.75 Å². The van der Waals surface area contributed by atoms with E-state index in [1.165, 1.54) is 0 Å². The molecule has 11 heteroatoms. The van der Waals surface area contributed by atoms with E-state index in [1.807, 2.05) is 13.0 Å². The van der Waals surface area contributed by atoms with Crippen molar-refractivity contribution in [2.75, 3.05) is 63.2 Å². The monoisotopic (exact) mass is 596 g/mol. The first-order chi connectivity index (χ1) is 18.9. The van der Waals surface area contributed by atoms with Crippen LogP contribution in [-0.2, 0) is 0 Å². The third-order valence-electron chi connectivity index (χ3n) is 7.16. The summed E-state index contributed by atoms with van der Waals surface area (Å²) in [6.07, 6.45) is 0.769. The highest BCUT2D eigenvalue weighted by Gasteiger charge is 2.20. The number of aliphatic hydroxyl groups excluding tert-OH is 2. The maximum Gasteiger partial charge on any atom is 0.261 e. The van der Waals surface area contributed by atoms with Gasteiger partial charge >= 0.3 is 0 Å². The van der Waals surface area contributed by atoms with Gasteiger partial charge in [0.2, 0.25) is 0 Å². The van der Waals surface area contributed by atoms with Crippen LogP contribution in [0.25, 0.3) is 22.4 Å². The summed E-state index contributed by atoms with van der Waals surface area (Å²) in [7, 11) is 1.59. The predicted molar refractivity (Wildman–Crippen MR) is 157 cm³/mol. The zero-order valence-electron chi connectivity index (χ0n) is 22.0. The molecule has 1 atom stereocenters. The number of β-amino-alcohol motifs (C(OH)–C–C–N with tert-alkyl or cyclic N) is 1. The van der Waals surface area contributed by atoms with Crippen molar-refractivity contribution in [1.82, 2.24) is 19.9 Å². The summed E-state index contributed by atoms with van der Waals surface area (Å²) < 4.78 is 6.02. The van der Waals surface area contributed by atoms with E-state index in [1.54, 1.807) is 31.5 Å². The van der Waals surface area contributed by atoms with Gasteiger partial charge in [-0.3, -0.25) is 9.69 Å². The molecule has 4 aromatic rings. The number of aromatic nitrogens is 3. The number of ether oxygens (including phenoxy) is 1. The van der Waals surface area contributed by atoms with Crippen LogP contribution in [0.3, 0.4) is 0 Å². The second-order valence-corrected chi connectivity index (χ2v) is 10.5. The molecule has 10 nitrogen and oxygen atoms in total. The van der Waals surface area contributed by atoms with Crippen LogP contribution in [0.15, 0.2) is 51.9 Å². The number of aryl methyl sites for hydroxylation is 1. The molecule has 1 fully saturated rings. The van der Waals surface area contributed by atoms with Gasteiger partial charge in [-0.05, 0) is 64.3 Å². The van der Waals surface area contributed by atoms with Gasteiger partial charge in [-0.15, -0.1) is 0 Å². The first-order valence-corrected chi connectivity index (χ1v) is 13.7. The first-order valence-electron chi connectivity index (χ1n) is 12.9. The average Bonchev–Trinajstić information content (AvgIpc) is 3.36. The molecule has 0 amide bonds. The Morgan fingerprint density at radius 3 is 2.69 bits per heavy atom. The number of hydrogen-bond donors (Lipinski definition) is 5. The van der Waals surface area contributed by atoms with E-state index < -0.39 is 6.10 Å². The maximum absolute atomic E-state index is 13.0. The third kappa shape index (κ3) is 5.81. The minimum Gasteiger partial charge on any atom is -0.496 e. The van der Waals surface area contributed by atoms with E-state index in [9.17, 15) is 15.0 Å². The topological polar surface area (TPSA) is 130 Å². The molecular formula is C28H33BrN6O4. The normalized spacial score (nSPS) is 15.1. The molecule has 5 N–H and O–H groups in total. The highest BCUT2D eigenvalue weighted by atomic mass is 79.9. The minimum absolute atomic E-state index is 0.176. The summed E-state index contributed by atoms with van der Waals surface area (Å²) in [6, 6.07) is 11.4. The number of aliphatic hydroxyl groups is 2. The molecule has 2 aromatic carbocycles. The van der Waals surface area contributed by atoms with Crippen molar-refractivity contribution in [1.29, 1.82) is 0 Å². The number of piperazine rings is 1. The number of imidazole rings is 1. The van der Waals surface area contributed by atoms with E-state index in [2.05, 4.69) is 53.1 Å². The number of halogens is 1. The van der Waals surface area contributed by atoms with Crippen molar-refractivity contribution >= 4 is 38.3 Å². The van der Waals surface area contributed by atoms with Gasteiger partial charge in [0.1, 0.15) is 17.1 Å². The fraction of sp³-hybridized carbons (Fsp3) is 0.357. The Labute approximate surface area is 234 Å². The summed E-state index contributed by atoms with van der Waals surface area (Å²) >= 11 is 3.46. The molecule has 0 radical (unpaired) electrons. The first kappa shape index (κ1) is 27.2. The summed E-state index contributed by atoms with van der Waals surface area (Å²) in [5.74, 6) is 1.15.